The number of likely N-dealkylation sites (N-methyl/N-ethyl adjacent to an activating group) is 1. The molecule has 1 amide bonds. The molecule has 6 heteroatoms. The van der Waals surface area contributed by atoms with E-state index in [9.17, 15) is 23.1 Å². The lowest BCUT2D eigenvalue weighted by molar-refractivity contribution is -0.184. The summed E-state index contributed by atoms with van der Waals surface area (Å²) in [6.45, 7) is -0.380. The second kappa shape index (κ2) is 5.92. The molecule has 2 aliphatic carbocycles. The van der Waals surface area contributed by atoms with Crippen molar-refractivity contribution < 1.29 is 23.1 Å². The Kier molecular flexibility index (Phi) is 4.20. The first-order chi connectivity index (χ1) is 11.2. The highest BCUT2D eigenvalue weighted by Crippen LogP contribution is 2.51. The number of allylic oxidation sites excluding steroid dienone is 1. The van der Waals surface area contributed by atoms with E-state index in [1.165, 1.54) is 0 Å². The molecule has 1 saturated carbocycles. The first kappa shape index (κ1) is 17.0. The van der Waals surface area contributed by atoms with Crippen molar-refractivity contribution in [3.05, 3.63) is 41.5 Å². The number of amides is 1. The minimum atomic E-state index is -4.93. The van der Waals surface area contributed by atoms with E-state index in [4.69, 9.17) is 0 Å². The number of benzene rings is 1. The van der Waals surface area contributed by atoms with E-state index in [1.54, 1.807) is 0 Å². The fourth-order valence-corrected chi connectivity index (χ4v) is 3.97. The van der Waals surface area contributed by atoms with Gasteiger partial charge in [0, 0.05) is 12.5 Å². The zero-order valence-corrected chi connectivity index (χ0v) is 13.4. The van der Waals surface area contributed by atoms with Gasteiger partial charge < -0.3 is 10.0 Å². The molecule has 2 aliphatic rings. The summed E-state index contributed by atoms with van der Waals surface area (Å²) in [6, 6.07) is 7.73. The minimum Gasteiger partial charge on any atom is -0.387 e. The number of hydrogen-bond acceptors (Lipinski definition) is 2. The molecule has 1 aromatic rings. The Morgan fingerprint density at radius 2 is 1.92 bits per heavy atom. The summed E-state index contributed by atoms with van der Waals surface area (Å²) in [7, 11) is 1.06. The van der Waals surface area contributed by atoms with Crippen LogP contribution in [0.1, 0.15) is 36.8 Å². The van der Waals surface area contributed by atoms with Crippen molar-refractivity contribution in [2.24, 2.45) is 0 Å². The van der Waals surface area contributed by atoms with Gasteiger partial charge in [-0.05, 0) is 29.5 Å². The van der Waals surface area contributed by atoms with Crippen molar-refractivity contribution in [1.82, 2.24) is 4.90 Å². The van der Waals surface area contributed by atoms with Crippen molar-refractivity contribution >= 4 is 11.5 Å². The van der Waals surface area contributed by atoms with Crippen LogP contribution in [0.15, 0.2) is 30.3 Å². The van der Waals surface area contributed by atoms with Crippen molar-refractivity contribution in [2.45, 2.75) is 43.4 Å². The number of rotatable bonds is 3. The summed E-state index contributed by atoms with van der Waals surface area (Å²) in [4.78, 5) is 11.8. The van der Waals surface area contributed by atoms with Crippen LogP contribution in [0.2, 0.25) is 0 Å². The largest absolute Gasteiger partial charge is 0.471 e. The summed E-state index contributed by atoms with van der Waals surface area (Å²) in [5, 5.41) is 10.5. The van der Waals surface area contributed by atoms with Gasteiger partial charge in [0.2, 0.25) is 0 Å². The predicted molar refractivity (Wildman–Crippen MR) is 84.3 cm³/mol. The number of aliphatic hydroxyl groups excluding tert-OH is 1. The molecular weight excluding hydrogens is 319 g/mol. The lowest BCUT2D eigenvalue weighted by atomic mass is 9.81. The van der Waals surface area contributed by atoms with Crippen LogP contribution in [-0.4, -0.2) is 41.8 Å². The summed E-state index contributed by atoms with van der Waals surface area (Å²) in [5.41, 5.74) is 2.55. The van der Waals surface area contributed by atoms with Crippen LogP contribution in [0.3, 0.4) is 0 Å². The van der Waals surface area contributed by atoms with Crippen LogP contribution >= 0.6 is 0 Å². The molecule has 1 N–H and O–H groups in total. The fourth-order valence-electron chi connectivity index (χ4n) is 3.97. The maximum Gasteiger partial charge on any atom is 0.471 e. The van der Waals surface area contributed by atoms with Crippen LogP contribution in [0.4, 0.5) is 13.2 Å². The molecule has 0 bridgehead atoms. The lowest BCUT2D eigenvalue weighted by Gasteiger charge is -2.23. The van der Waals surface area contributed by atoms with E-state index in [0.29, 0.717) is 10.5 Å². The number of halogens is 3. The predicted octanol–water partition coefficient (Wildman–Crippen LogP) is 3.28. The fraction of sp³-hybridized carbons (Fsp3) is 0.500. The monoisotopic (exact) mass is 339 g/mol. The zero-order valence-electron chi connectivity index (χ0n) is 13.4. The SMILES string of the molecule is CN(CC(O)C1=CC2(CCCC2)c2ccccc21)C(=O)C(F)(F)F. The molecule has 130 valence electrons. The van der Waals surface area contributed by atoms with Crippen molar-refractivity contribution in [3.63, 3.8) is 0 Å². The molecule has 0 saturated heterocycles. The average molecular weight is 339 g/mol. The summed E-state index contributed by atoms with van der Waals surface area (Å²) in [5.74, 6) is -1.94. The van der Waals surface area contributed by atoms with Crippen molar-refractivity contribution in [3.8, 4) is 0 Å². The van der Waals surface area contributed by atoms with E-state index in [0.717, 1.165) is 43.9 Å². The van der Waals surface area contributed by atoms with Gasteiger partial charge in [-0.25, -0.2) is 0 Å². The highest BCUT2D eigenvalue weighted by molar-refractivity contribution is 5.83. The van der Waals surface area contributed by atoms with E-state index >= 15 is 0 Å². The molecule has 1 spiro atoms. The van der Waals surface area contributed by atoms with Gasteiger partial charge in [0.25, 0.3) is 0 Å². The Morgan fingerprint density at radius 1 is 1.29 bits per heavy atom. The second-order valence-corrected chi connectivity index (χ2v) is 6.71. The molecule has 0 aromatic heterocycles. The Bertz CT molecular complexity index is 675. The molecule has 0 radical (unpaired) electrons. The smallest absolute Gasteiger partial charge is 0.387 e. The quantitative estimate of drug-likeness (QED) is 0.918. The van der Waals surface area contributed by atoms with Crippen LogP contribution in [0.5, 0.6) is 0 Å². The molecule has 1 unspecified atom stereocenters. The molecular formula is C18H20F3NO2. The number of nitrogens with zero attached hydrogens (tertiary/aromatic N) is 1. The van der Waals surface area contributed by atoms with E-state index in [1.807, 2.05) is 30.3 Å². The highest BCUT2D eigenvalue weighted by atomic mass is 19.4. The van der Waals surface area contributed by atoms with Gasteiger partial charge in [-0.2, -0.15) is 13.2 Å². The number of fused-ring (bicyclic) bond motifs is 2. The number of carbonyl (C=O) groups is 1. The van der Waals surface area contributed by atoms with E-state index in [-0.39, 0.29) is 12.0 Å². The maximum absolute atomic E-state index is 12.5. The summed E-state index contributed by atoms with van der Waals surface area (Å²) < 4.78 is 37.6. The average Bonchev–Trinajstić information content (AvgIpc) is 3.12. The van der Waals surface area contributed by atoms with Crippen LogP contribution in [-0.2, 0) is 10.2 Å². The molecule has 1 atom stereocenters. The van der Waals surface area contributed by atoms with E-state index < -0.39 is 18.2 Å². The van der Waals surface area contributed by atoms with Gasteiger partial charge >= 0.3 is 12.1 Å². The van der Waals surface area contributed by atoms with Crippen molar-refractivity contribution in [2.75, 3.05) is 13.6 Å². The summed E-state index contributed by atoms with van der Waals surface area (Å²) in [6.07, 6.45) is 0.114. The standard InChI is InChI=1S/C18H20F3NO2/c1-22(16(24)18(19,20)21)11-15(23)13-10-17(8-4-5-9-17)14-7-3-2-6-12(13)14/h2-3,6-7,10,15,23H,4-5,8-9,11H2,1H3. The maximum atomic E-state index is 12.5. The van der Waals surface area contributed by atoms with Gasteiger partial charge in [0.1, 0.15) is 0 Å². The van der Waals surface area contributed by atoms with Crippen molar-refractivity contribution in [1.29, 1.82) is 0 Å². The highest BCUT2D eigenvalue weighted by Gasteiger charge is 2.44. The number of aliphatic hydroxyl groups is 1. The van der Waals surface area contributed by atoms with Gasteiger partial charge in [-0.3, -0.25) is 4.79 Å². The molecule has 3 nitrogen and oxygen atoms in total. The molecule has 0 heterocycles. The number of alkyl halides is 3. The van der Waals surface area contributed by atoms with Crippen LogP contribution in [0.25, 0.3) is 5.57 Å². The zero-order chi connectivity index (χ0) is 17.5. The molecule has 1 aromatic carbocycles. The molecule has 0 aliphatic heterocycles. The third-order valence-electron chi connectivity index (χ3n) is 5.10. The van der Waals surface area contributed by atoms with Gasteiger partial charge in [-0.15, -0.1) is 0 Å². The second-order valence-electron chi connectivity index (χ2n) is 6.71. The Hall–Kier alpha value is -1.82. The lowest BCUT2D eigenvalue weighted by Crippen LogP contribution is -2.42. The van der Waals surface area contributed by atoms with Gasteiger partial charge in [0.15, 0.2) is 0 Å². The minimum absolute atomic E-state index is 0.112. The molecule has 24 heavy (non-hydrogen) atoms. The first-order valence-electron chi connectivity index (χ1n) is 8.08. The Morgan fingerprint density at radius 3 is 2.54 bits per heavy atom. The number of carbonyl (C=O) groups excluding carboxylic acids is 1. The Balaban J connectivity index is 1.85. The molecule has 1 fully saturated rings. The van der Waals surface area contributed by atoms with Gasteiger partial charge in [-0.1, -0.05) is 43.2 Å². The van der Waals surface area contributed by atoms with Crippen LogP contribution < -0.4 is 0 Å². The van der Waals surface area contributed by atoms with E-state index in [2.05, 4.69) is 0 Å². The number of hydrogen-bond donors (Lipinski definition) is 1. The normalized spacial score (nSPS) is 20.0. The topological polar surface area (TPSA) is 40.5 Å². The third kappa shape index (κ3) is 2.83. The first-order valence-corrected chi connectivity index (χ1v) is 8.08. The van der Waals surface area contributed by atoms with Crippen LogP contribution in [0, 0.1) is 0 Å². The summed E-state index contributed by atoms with van der Waals surface area (Å²) >= 11 is 0. The Labute approximate surface area is 138 Å². The van der Waals surface area contributed by atoms with Gasteiger partial charge in [0.05, 0.1) is 12.6 Å². The molecule has 3 rings (SSSR count). The third-order valence-corrected chi connectivity index (χ3v) is 5.10.